The molecule has 2 rings (SSSR count). The van der Waals surface area contributed by atoms with Crippen molar-refractivity contribution in [3.05, 3.63) is 42.2 Å². The molecule has 0 bridgehead atoms. The second-order valence-corrected chi connectivity index (χ2v) is 4.43. The van der Waals surface area contributed by atoms with Crippen LogP contribution in [0.15, 0.2) is 36.7 Å². The van der Waals surface area contributed by atoms with Crippen LogP contribution in [0.25, 0.3) is 0 Å². The number of nitrogens with zero attached hydrogens (tertiary/aromatic N) is 2. The predicted molar refractivity (Wildman–Crippen MR) is 79.3 cm³/mol. The minimum Gasteiger partial charge on any atom is -0.495 e. The van der Waals surface area contributed by atoms with Gasteiger partial charge in [-0.25, -0.2) is 4.79 Å². The van der Waals surface area contributed by atoms with E-state index in [-0.39, 0.29) is 5.97 Å². The molecule has 0 aliphatic heterocycles. The van der Waals surface area contributed by atoms with Crippen molar-refractivity contribution in [1.29, 1.82) is 0 Å². The van der Waals surface area contributed by atoms with Crippen molar-refractivity contribution in [1.82, 2.24) is 9.78 Å². The van der Waals surface area contributed by atoms with E-state index in [1.54, 1.807) is 18.0 Å². The van der Waals surface area contributed by atoms with Crippen LogP contribution in [0.3, 0.4) is 0 Å². The van der Waals surface area contributed by atoms with Gasteiger partial charge >= 0.3 is 5.97 Å². The number of hydrogen-bond donors (Lipinski definition) is 1. The fourth-order valence-corrected chi connectivity index (χ4v) is 2.02. The molecule has 0 saturated carbocycles. The normalized spacial score (nSPS) is 11.8. The summed E-state index contributed by atoms with van der Waals surface area (Å²) in [5.74, 6) is 0.283. The number of aryl methyl sites for hydroxylation is 1. The molecule has 1 atom stereocenters. The van der Waals surface area contributed by atoms with E-state index < -0.39 is 6.04 Å². The van der Waals surface area contributed by atoms with Gasteiger partial charge in [-0.1, -0.05) is 12.1 Å². The zero-order valence-electron chi connectivity index (χ0n) is 12.4. The lowest BCUT2D eigenvalue weighted by Crippen LogP contribution is -2.22. The van der Waals surface area contributed by atoms with Gasteiger partial charge in [0.2, 0.25) is 0 Å². The van der Waals surface area contributed by atoms with Crippen molar-refractivity contribution >= 4 is 11.7 Å². The number of benzene rings is 1. The number of ether oxygens (including phenoxy) is 2. The largest absolute Gasteiger partial charge is 0.495 e. The van der Waals surface area contributed by atoms with Crippen LogP contribution in [0.5, 0.6) is 5.75 Å². The molecule has 1 N–H and O–H groups in total. The molecule has 0 fully saturated rings. The molecule has 1 heterocycles. The smallest absolute Gasteiger partial charge is 0.333 e. The minimum atomic E-state index is -0.633. The molecule has 0 saturated heterocycles. The zero-order valence-corrected chi connectivity index (χ0v) is 12.4. The second kappa shape index (κ2) is 6.78. The Morgan fingerprint density at radius 2 is 2.14 bits per heavy atom. The van der Waals surface area contributed by atoms with Gasteiger partial charge in [-0.15, -0.1) is 0 Å². The van der Waals surface area contributed by atoms with Crippen molar-refractivity contribution in [3.63, 3.8) is 0 Å². The van der Waals surface area contributed by atoms with Crippen LogP contribution in [-0.2, 0) is 16.1 Å². The molecule has 112 valence electrons. The van der Waals surface area contributed by atoms with Crippen LogP contribution >= 0.6 is 0 Å². The van der Waals surface area contributed by atoms with Crippen LogP contribution in [0, 0.1) is 0 Å². The van der Waals surface area contributed by atoms with Crippen molar-refractivity contribution in [2.24, 2.45) is 0 Å². The first-order chi connectivity index (χ1) is 10.2. The first kappa shape index (κ1) is 14.9. The lowest BCUT2D eigenvalue weighted by atomic mass is 10.1. The number of hydrogen-bond acceptors (Lipinski definition) is 5. The number of carbonyl (C=O) groups excluding carboxylic acids is 1. The minimum absolute atomic E-state index is 0.378. The van der Waals surface area contributed by atoms with E-state index in [4.69, 9.17) is 9.47 Å². The highest BCUT2D eigenvalue weighted by Gasteiger charge is 2.24. The molecule has 0 spiro atoms. The Morgan fingerprint density at radius 1 is 1.38 bits per heavy atom. The van der Waals surface area contributed by atoms with Crippen LogP contribution in [0.4, 0.5) is 5.69 Å². The van der Waals surface area contributed by atoms with Crippen molar-refractivity contribution in [2.45, 2.75) is 19.5 Å². The maximum absolute atomic E-state index is 12.1. The van der Waals surface area contributed by atoms with Crippen molar-refractivity contribution < 1.29 is 14.3 Å². The predicted octanol–water partition coefficient (Wildman–Crippen LogP) is 2.24. The third-order valence-electron chi connectivity index (χ3n) is 3.15. The molecular formula is C15H19N3O3. The van der Waals surface area contributed by atoms with E-state index in [9.17, 15) is 4.79 Å². The number of anilines is 1. The van der Waals surface area contributed by atoms with Gasteiger partial charge in [0.15, 0.2) is 6.04 Å². The maximum Gasteiger partial charge on any atom is 0.333 e. The highest BCUT2D eigenvalue weighted by molar-refractivity contribution is 5.81. The van der Waals surface area contributed by atoms with E-state index in [1.807, 2.05) is 37.4 Å². The first-order valence-electron chi connectivity index (χ1n) is 6.69. The Labute approximate surface area is 123 Å². The number of carbonyl (C=O) groups is 1. The third-order valence-corrected chi connectivity index (χ3v) is 3.15. The molecule has 6 nitrogen and oxygen atoms in total. The molecule has 1 aromatic carbocycles. The highest BCUT2D eigenvalue weighted by atomic mass is 16.5. The molecule has 6 heteroatoms. The second-order valence-electron chi connectivity index (χ2n) is 4.43. The van der Waals surface area contributed by atoms with E-state index in [0.717, 1.165) is 17.8 Å². The SMILES string of the molecule is CCn1cc(C(Nc2ccccc2OC)C(=O)OC)cn1. The molecule has 0 aliphatic carbocycles. The van der Waals surface area contributed by atoms with Gasteiger partial charge in [-0.05, 0) is 19.1 Å². The number of esters is 1. The monoisotopic (exact) mass is 289 g/mol. The van der Waals surface area contributed by atoms with Gasteiger partial charge in [0.1, 0.15) is 5.75 Å². The average molecular weight is 289 g/mol. The fourth-order valence-electron chi connectivity index (χ4n) is 2.02. The van der Waals surface area contributed by atoms with Gasteiger partial charge in [0.05, 0.1) is 26.1 Å². The summed E-state index contributed by atoms with van der Waals surface area (Å²) < 4.78 is 11.9. The Morgan fingerprint density at radius 3 is 2.76 bits per heavy atom. The lowest BCUT2D eigenvalue weighted by Gasteiger charge is -2.18. The van der Waals surface area contributed by atoms with Crippen LogP contribution in [0.2, 0.25) is 0 Å². The molecule has 21 heavy (non-hydrogen) atoms. The topological polar surface area (TPSA) is 65.4 Å². The summed E-state index contributed by atoms with van der Waals surface area (Å²) in [6, 6.07) is 6.78. The van der Waals surface area contributed by atoms with E-state index in [1.165, 1.54) is 7.11 Å². The summed E-state index contributed by atoms with van der Waals surface area (Å²) in [7, 11) is 2.95. The average Bonchev–Trinajstić information content (AvgIpc) is 3.01. The number of aromatic nitrogens is 2. The standard InChI is InChI=1S/C15H19N3O3/c1-4-18-10-11(9-16-18)14(15(19)21-3)17-12-7-5-6-8-13(12)20-2/h5-10,14,17H,4H2,1-3H3. The van der Waals surface area contributed by atoms with Crippen molar-refractivity contribution in [3.8, 4) is 5.75 Å². The van der Waals surface area contributed by atoms with E-state index >= 15 is 0 Å². The van der Waals surface area contributed by atoms with Crippen LogP contribution < -0.4 is 10.1 Å². The summed E-state index contributed by atoms with van der Waals surface area (Å²) in [6.07, 6.45) is 3.48. The van der Waals surface area contributed by atoms with Gasteiger partial charge in [-0.3, -0.25) is 4.68 Å². The summed E-state index contributed by atoms with van der Waals surface area (Å²) in [4.78, 5) is 12.1. The van der Waals surface area contributed by atoms with Gasteiger partial charge < -0.3 is 14.8 Å². The Hall–Kier alpha value is -2.50. The fraction of sp³-hybridized carbons (Fsp3) is 0.333. The summed E-state index contributed by atoms with van der Waals surface area (Å²) in [5.41, 5.74) is 1.47. The Kier molecular flexibility index (Phi) is 4.81. The van der Waals surface area contributed by atoms with Gasteiger partial charge in [0.25, 0.3) is 0 Å². The third kappa shape index (κ3) is 3.34. The van der Waals surface area contributed by atoms with Gasteiger partial charge in [0, 0.05) is 18.3 Å². The quantitative estimate of drug-likeness (QED) is 0.826. The molecule has 2 aromatic rings. The maximum atomic E-state index is 12.1. The first-order valence-corrected chi connectivity index (χ1v) is 6.69. The summed E-state index contributed by atoms with van der Waals surface area (Å²) in [6.45, 7) is 2.72. The lowest BCUT2D eigenvalue weighted by molar-refractivity contribution is -0.141. The highest BCUT2D eigenvalue weighted by Crippen LogP contribution is 2.28. The molecule has 0 radical (unpaired) electrons. The molecule has 0 aliphatic rings. The number of rotatable bonds is 6. The summed E-state index contributed by atoms with van der Waals surface area (Å²) >= 11 is 0. The Balaban J connectivity index is 2.30. The molecule has 0 amide bonds. The van der Waals surface area contributed by atoms with Gasteiger partial charge in [-0.2, -0.15) is 5.10 Å². The van der Waals surface area contributed by atoms with E-state index in [0.29, 0.717) is 5.75 Å². The van der Waals surface area contributed by atoms with Crippen molar-refractivity contribution in [2.75, 3.05) is 19.5 Å². The zero-order chi connectivity index (χ0) is 15.2. The van der Waals surface area contributed by atoms with Crippen LogP contribution in [-0.4, -0.2) is 30.0 Å². The summed E-state index contributed by atoms with van der Waals surface area (Å²) in [5, 5.41) is 7.34. The number of methoxy groups -OCH3 is 2. The number of para-hydroxylation sites is 2. The number of nitrogens with one attached hydrogen (secondary N) is 1. The molecular weight excluding hydrogens is 270 g/mol. The molecule has 1 unspecified atom stereocenters. The Bertz CT molecular complexity index is 610. The van der Waals surface area contributed by atoms with E-state index in [2.05, 4.69) is 10.4 Å². The molecule has 1 aromatic heterocycles. The van der Waals surface area contributed by atoms with Crippen LogP contribution in [0.1, 0.15) is 18.5 Å².